The van der Waals surface area contributed by atoms with E-state index in [1.54, 1.807) is 6.33 Å². The van der Waals surface area contributed by atoms with Gasteiger partial charge < -0.3 is 5.32 Å². The summed E-state index contributed by atoms with van der Waals surface area (Å²) in [5.74, 6) is 3.12. The van der Waals surface area contributed by atoms with Crippen LogP contribution in [0.3, 0.4) is 0 Å². The van der Waals surface area contributed by atoms with Crippen molar-refractivity contribution in [3.05, 3.63) is 12.2 Å². The second kappa shape index (κ2) is 8.31. The molecule has 1 aromatic rings. The van der Waals surface area contributed by atoms with Gasteiger partial charge in [0.15, 0.2) is 0 Å². The summed E-state index contributed by atoms with van der Waals surface area (Å²) >= 11 is 0. The van der Waals surface area contributed by atoms with E-state index < -0.39 is 0 Å². The average Bonchev–Trinajstić information content (AvgIpc) is 2.72. The van der Waals surface area contributed by atoms with E-state index in [2.05, 4.69) is 54.7 Å². The van der Waals surface area contributed by atoms with Crippen LogP contribution in [0.25, 0.3) is 0 Å². The fourth-order valence-electron chi connectivity index (χ4n) is 2.46. The molecule has 1 N–H and O–H groups in total. The molecular formula is C15H30N4. The third-order valence-corrected chi connectivity index (χ3v) is 3.19. The highest BCUT2D eigenvalue weighted by Crippen LogP contribution is 2.16. The van der Waals surface area contributed by atoms with Crippen molar-refractivity contribution in [3.8, 4) is 0 Å². The predicted molar refractivity (Wildman–Crippen MR) is 80.1 cm³/mol. The van der Waals surface area contributed by atoms with Crippen LogP contribution in [0.1, 0.15) is 46.9 Å². The molecule has 0 aliphatic carbocycles. The highest BCUT2D eigenvalue weighted by Gasteiger charge is 2.15. The standard InChI is InChI=1S/C15H30N4/c1-6-16-9-14(7-12(2)3)8-15-17-11-18-19(15)10-13(4)5/h11-14,16H,6-10H2,1-5H3. The smallest absolute Gasteiger partial charge is 0.138 e. The molecular weight excluding hydrogens is 236 g/mol. The molecule has 0 spiro atoms. The molecule has 0 radical (unpaired) electrons. The Bertz CT molecular complexity index is 344. The quantitative estimate of drug-likeness (QED) is 0.747. The molecule has 0 aromatic carbocycles. The van der Waals surface area contributed by atoms with Crippen molar-refractivity contribution in [2.75, 3.05) is 13.1 Å². The molecule has 1 rings (SSSR count). The summed E-state index contributed by atoms with van der Waals surface area (Å²) in [6, 6.07) is 0. The third-order valence-electron chi connectivity index (χ3n) is 3.19. The van der Waals surface area contributed by atoms with Crippen LogP contribution in [0.5, 0.6) is 0 Å². The van der Waals surface area contributed by atoms with Crippen LogP contribution in [-0.2, 0) is 13.0 Å². The molecule has 0 saturated carbocycles. The number of nitrogens with zero attached hydrogens (tertiary/aromatic N) is 3. The molecule has 0 bridgehead atoms. The van der Waals surface area contributed by atoms with Gasteiger partial charge in [0, 0.05) is 13.0 Å². The topological polar surface area (TPSA) is 42.7 Å². The lowest BCUT2D eigenvalue weighted by Crippen LogP contribution is -2.26. The van der Waals surface area contributed by atoms with Gasteiger partial charge >= 0.3 is 0 Å². The monoisotopic (exact) mass is 266 g/mol. The molecule has 110 valence electrons. The maximum Gasteiger partial charge on any atom is 0.138 e. The van der Waals surface area contributed by atoms with Crippen LogP contribution in [-0.4, -0.2) is 27.9 Å². The maximum atomic E-state index is 4.45. The maximum absolute atomic E-state index is 4.45. The van der Waals surface area contributed by atoms with Gasteiger partial charge in [-0.25, -0.2) is 9.67 Å². The van der Waals surface area contributed by atoms with Crippen LogP contribution >= 0.6 is 0 Å². The van der Waals surface area contributed by atoms with Gasteiger partial charge in [-0.2, -0.15) is 5.10 Å². The fraction of sp³-hybridized carbons (Fsp3) is 0.867. The average molecular weight is 266 g/mol. The van der Waals surface area contributed by atoms with Crippen molar-refractivity contribution in [2.24, 2.45) is 17.8 Å². The van der Waals surface area contributed by atoms with Crippen LogP contribution in [0.15, 0.2) is 6.33 Å². The molecule has 0 amide bonds. The van der Waals surface area contributed by atoms with E-state index in [1.807, 2.05) is 0 Å². The van der Waals surface area contributed by atoms with Crippen LogP contribution in [0, 0.1) is 17.8 Å². The van der Waals surface area contributed by atoms with E-state index in [0.29, 0.717) is 11.8 Å². The van der Waals surface area contributed by atoms with Crippen molar-refractivity contribution >= 4 is 0 Å². The Hall–Kier alpha value is -0.900. The van der Waals surface area contributed by atoms with E-state index in [0.717, 1.165) is 37.8 Å². The van der Waals surface area contributed by atoms with Gasteiger partial charge in [-0.1, -0.05) is 34.6 Å². The Morgan fingerprint density at radius 1 is 1.21 bits per heavy atom. The lowest BCUT2D eigenvalue weighted by Gasteiger charge is -2.19. The minimum Gasteiger partial charge on any atom is -0.317 e. The van der Waals surface area contributed by atoms with Crippen molar-refractivity contribution in [1.29, 1.82) is 0 Å². The second-order valence-corrected chi connectivity index (χ2v) is 6.26. The Kier molecular flexibility index (Phi) is 7.06. The van der Waals surface area contributed by atoms with Crippen LogP contribution in [0.4, 0.5) is 0 Å². The lowest BCUT2D eigenvalue weighted by atomic mass is 9.93. The zero-order valence-corrected chi connectivity index (χ0v) is 13.2. The van der Waals surface area contributed by atoms with E-state index in [4.69, 9.17) is 0 Å². The molecule has 0 aliphatic rings. The second-order valence-electron chi connectivity index (χ2n) is 6.26. The number of hydrogen-bond acceptors (Lipinski definition) is 3. The first kappa shape index (κ1) is 16.2. The van der Waals surface area contributed by atoms with Crippen molar-refractivity contribution in [1.82, 2.24) is 20.1 Å². The highest BCUT2D eigenvalue weighted by molar-refractivity contribution is 4.88. The Balaban J connectivity index is 2.63. The van der Waals surface area contributed by atoms with Gasteiger partial charge in [0.05, 0.1) is 0 Å². The summed E-state index contributed by atoms with van der Waals surface area (Å²) in [5, 5.41) is 7.82. The van der Waals surface area contributed by atoms with Crippen molar-refractivity contribution in [2.45, 2.75) is 54.0 Å². The molecule has 19 heavy (non-hydrogen) atoms. The molecule has 1 aromatic heterocycles. The molecule has 1 heterocycles. The first-order valence-electron chi connectivity index (χ1n) is 7.60. The summed E-state index contributed by atoms with van der Waals surface area (Å²) in [6.07, 6.45) is 3.96. The predicted octanol–water partition coefficient (Wildman–Crippen LogP) is 2.75. The Morgan fingerprint density at radius 2 is 1.95 bits per heavy atom. The largest absolute Gasteiger partial charge is 0.317 e. The lowest BCUT2D eigenvalue weighted by molar-refractivity contribution is 0.369. The number of nitrogens with one attached hydrogen (secondary N) is 1. The third kappa shape index (κ3) is 6.19. The summed E-state index contributed by atoms with van der Waals surface area (Å²) in [6.45, 7) is 14.2. The normalized spacial score (nSPS) is 13.4. The van der Waals surface area contributed by atoms with Crippen molar-refractivity contribution in [3.63, 3.8) is 0 Å². The SMILES string of the molecule is CCNCC(Cc1ncnn1CC(C)C)CC(C)C. The van der Waals surface area contributed by atoms with Gasteiger partial charge in [-0.05, 0) is 37.3 Å². The summed E-state index contributed by atoms with van der Waals surface area (Å²) in [4.78, 5) is 4.45. The number of hydrogen-bond donors (Lipinski definition) is 1. The molecule has 1 atom stereocenters. The zero-order chi connectivity index (χ0) is 14.3. The Labute approximate surface area is 118 Å². The van der Waals surface area contributed by atoms with Gasteiger partial charge in [0.25, 0.3) is 0 Å². The fourth-order valence-corrected chi connectivity index (χ4v) is 2.46. The number of rotatable bonds is 9. The van der Waals surface area contributed by atoms with Gasteiger partial charge in [-0.3, -0.25) is 0 Å². The van der Waals surface area contributed by atoms with E-state index in [9.17, 15) is 0 Å². The molecule has 4 nitrogen and oxygen atoms in total. The minimum atomic E-state index is 0.609. The zero-order valence-electron chi connectivity index (χ0n) is 13.2. The molecule has 0 aliphatic heterocycles. The van der Waals surface area contributed by atoms with Crippen molar-refractivity contribution < 1.29 is 0 Å². The van der Waals surface area contributed by atoms with Gasteiger partial charge in [-0.15, -0.1) is 0 Å². The molecule has 1 unspecified atom stereocenters. The van der Waals surface area contributed by atoms with E-state index in [-0.39, 0.29) is 0 Å². The molecule has 0 fully saturated rings. The van der Waals surface area contributed by atoms with E-state index >= 15 is 0 Å². The Morgan fingerprint density at radius 3 is 2.53 bits per heavy atom. The molecule has 4 heteroatoms. The van der Waals surface area contributed by atoms with Crippen LogP contribution < -0.4 is 5.32 Å². The van der Waals surface area contributed by atoms with Gasteiger partial charge in [0.1, 0.15) is 12.2 Å². The van der Waals surface area contributed by atoms with Crippen LogP contribution in [0.2, 0.25) is 0 Å². The number of aromatic nitrogens is 3. The molecule has 0 saturated heterocycles. The summed E-state index contributed by atoms with van der Waals surface area (Å²) in [5.41, 5.74) is 0. The first-order valence-corrected chi connectivity index (χ1v) is 7.60. The van der Waals surface area contributed by atoms with E-state index in [1.165, 1.54) is 6.42 Å². The minimum absolute atomic E-state index is 0.609. The summed E-state index contributed by atoms with van der Waals surface area (Å²) < 4.78 is 2.07. The highest BCUT2D eigenvalue weighted by atomic mass is 15.3. The summed E-state index contributed by atoms with van der Waals surface area (Å²) in [7, 11) is 0. The first-order chi connectivity index (χ1) is 9.02. The van der Waals surface area contributed by atoms with Gasteiger partial charge in [0.2, 0.25) is 0 Å².